The van der Waals surface area contributed by atoms with Crippen molar-refractivity contribution in [3.8, 4) is 11.3 Å². The molecule has 3 aromatic heterocycles. The lowest BCUT2D eigenvalue weighted by atomic mass is 10.1. The van der Waals surface area contributed by atoms with Crippen LogP contribution in [-0.4, -0.2) is 9.38 Å². The van der Waals surface area contributed by atoms with E-state index < -0.39 is 0 Å². The first-order chi connectivity index (χ1) is 9.42. The van der Waals surface area contributed by atoms with Crippen molar-refractivity contribution < 1.29 is 8.98 Å². The molecule has 1 aliphatic heterocycles. The fraction of sp³-hybridized carbons (Fsp3) is 0.0667. The second-order valence-corrected chi connectivity index (χ2v) is 4.87. The lowest BCUT2D eigenvalue weighted by Crippen LogP contribution is -2.29. The summed E-state index contributed by atoms with van der Waals surface area (Å²) in [5.41, 5.74) is 6.51. The van der Waals surface area contributed by atoms with Gasteiger partial charge in [-0.15, -0.1) is 0 Å². The summed E-state index contributed by atoms with van der Waals surface area (Å²) >= 11 is 0. The van der Waals surface area contributed by atoms with Crippen molar-refractivity contribution in [2.24, 2.45) is 0 Å². The van der Waals surface area contributed by atoms with Gasteiger partial charge >= 0.3 is 5.71 Å². The van der Waals surface area contributed by atoms with Gasteiger partial charge in [0.05, 0.1) is 5.56 Å². The molecule has 1 aromatic carbocycles. The van der Waals surface area contributed by atoms with Gasteiger partial charge in [0.1, 0.15) is 6.54 Å². The Morgan fingerprint density at radius 2 is 2.16 bits per heavy atom. The van der Waals surface area contributed by atoms with Crippen molar-refractivity contribution in [1.82, 2.24) is 9.38 Å². The maximum Gasteiger partial charge on any atom is 0.344 e. The molecule has 4 heterocycles. The number of imidazole rings is 1. The summed E-state index contributed by atoms with van der Waals surface area (Å²) in [5.74, 6) is 0. The molecule has 4 nitrogen and oxygen atoms in total. The van der Waals surface area contributed by atoms with Gasteiger partial charge in [-0.3, -0.25) is 4.98 Å². The van der Waals surface area contributed by atoms with E-state index >= 15 is 0 Å². The second kappa shape index (κ2) is 3.03. The topological polar surface area (TPSA) is 34.3 Å². The average molecular weight is 248 g/mol. The Morgan fingerprint density at radius 1 is 1.21 bits per heavy atom. The molecule has 0 amide bonds. The number of hydrogen-bond donors (Lipinski definition) is 0. The predicted molar refractivity (Wildman–Crippen MR) is 69.7 cm³/mol. The molecule has 0 unspecified atom stereocenters. The van der Waals surface area contributed by atoms with Crippen molar-refractivity contribution in [1.29, 1.82) is 0 Å². The number of rotatable bonds is 0. The number of para-hydroxylation sites is 2. The molecular formula is C15H10N3O+. The Balaban J connectivity index is 1.97. The smallest absolute Gasteiger partial charge is 0.344 e. The molecule has 5 rings (SSSR count). The zero-order chi connectivity index (χ0) is 12.4. The molecule has 90 valence electrons. The molecule has 0 saturated carbocycles. The van der Waals surface area contributed by atoms with Gasteiger partial charge in [-0.1, -0.05) is 12.1 Å². The summed E-state index contributed by atoms with van der Waals surface area (Å²) in [7, 11) is 0. The standard InChI is InChI=1S/C15H10N3O/c1-2-4-13-12(3-1)18-9-17-8-10-5-6-16-7-11(10)14(17)15(18)19-13/h1-7,9H,8H2/q+1. The maximum absolute atomic E-state index is 6.01. The van der Waals surface area contributed by atoms with Gasteiger partial charge in [0.2, 0.25) is 5.69 Å². The normalized spacial score (nSPS) is 13.1. The van der Waals surface area contributed by atoms with Gasteiger partial charge in [0, 0.05) is 18.0 Å². The molecule has 0 aliphatic carbocycles. The number of aromatic nitrogens is 3. The van der Waals surface area contributed by atoms with Crippen LogP contribution in [0.4, 0.5) is 0 Å². The Hall–Kier alpha value is -2.62. The highest BCUT2D eigenvalue weighted by atomic mass is 16.3. The highest BCUT2D eigenvalue weighted by molar-refractivity contribution is 5.83. The van der Waals surface area contributed by atoms with Crippen LogP contribution in [0.3, 0.4) is 0 Å². The Kier molecular flexibility index (Phi) is 1.49. The number of pyridine rings is 1. The summed E-state index contributed by atoms with van der Waals surface area (Å²) in [4.78, 5) is 4.23. The lowest BCUT2D eigenvalue weighted by molar-refractivity contribution is -0.671. The number of benzene rings is 1. The van der Waals surface area contributed by atoms with E-state index in [4.69, 9.17) is 4.42 Å². The Bertz CT molecular complexity index is 949. The van der Waals surface area contributed by atoms with Gasteiger partial charge in [-0.2, -0.15) is 4.40 Å². The summed E-state index contributed by atoms with van der Waals surface area (Å²) in [6.45, 7) is 0.888. The number of oxazole rings is 1. The van der Waals surface area contributed by atoms with Crippen LogP contribution in [0.1, 0.15) is 5.56 Å². The maximum atomic E-state index is 6.01. The van der Waals surface area contributed by atoms with Gasteiger partial charge in [0.25, 0.3) is 6.33 Å². The molecule has 0 radical (unpaired) electrons. The Labute approximate surface area is 108 Å². The van der Waals surface area contributed by atoms with E-state index in [9.17, 15) is 0 Å². The molecule has 0 N–H and O–H groups in total. The van der Waals surface area contributed by atoms with Crippen LogP contribution >= 0.6 is 0 Å². The Morgan fingerprint density at radius 3 is 3.16 bits per heavy atom. The van der Waals surface area contributed by atoms with Crippen molar-refractivity contribution in [2.75, 3.05) is 0 Å². The predicted octanol–water partition coefficient (Wildman–Crippen LogP) is 2.40. The zero-order valence-electron chi connectivity index (χ0n) is 10.1. The average Bonchev–Trinajstić information content (AvgIpc) is 3.05. The van der Waals surface area contributed by atoms with E-state index in [0.717, 1.165) is 29.1 Å². The van der Waals surface area contributed by atoms with E-state index in [1.54, 1.807) is 0 Å². The fourth-order valence-corrected chi connectivity index (χ4v) is 2.95. The van der Waals surface area contributed by atoms with Crippen LogP contribution in [0.15, 0.2) is 53.5 Å². The van der Waals surface area contributed by atoms with Crippen molar-refractivity contribution in [3.05, 3.63) is 54.6 Å². The first-order valence-electron chi connectivity index (χ1n) is 6.27. The van der Waals surface area contributed by atoms with Crippen molar-refractivity contribution >= 4 is 16.8 Å². The highest BCUT2D eigenvalue weighted by Crippen LogP contribution is 2.32. The molecule has 0 saturated heterocycles. The first-order valence-corrected chi connectivity index (χ1v) is 6.27. The molecule has 0 bridgehead atoms. The SMILES string of the molecule is c1ccc2c(c1)oc1c3[n+](cn12)Cc1ccncc1-3. The van der Waals surface area contributed by atoms with Gasteiger partial charge in [-0.05, 0) is 18.2 Å². The van der Waals surface area contributed by atoms with Crippen molar-refractivity contribution in [2.45, 2.75) is 6.54 Å². The van der Waals surface area contributed by atoms with Crippen LogP contribution in [0, 0.1) is 0 Å². The third-order valence-electron chi connectivity index (χ3n) is 3.80. The summed E-state index contributed by atoms with van der Waals surface area (Å²) < 4.78 is 10.3. The van der Waals surface area contributed by atoms with E-state index in [1.165, 1.54) is 11.1 Å². The van der Waals surface area contributed by atoms with Gasteiger partial charge < -0.3 is 4.42 Å². The fourth-order valence-electron chi connectivity index (χ4n) is 2.95. The largest absolute Gasteiger partial charge is 0.415 e. The first kappa shape index (κ1) is 9.33. The lowest BCUT2D eigenvalue weighted by Gasteiger charge is -1.91. The van der Waals surface area contributed by atoms with Crippen molar-refractivity contribution in [3.63, 3.8) is 0 Å². The molecule has 4 heteroatoms. The minimum absolute atomic E-state index is 0.888. The monoisotopic (exact) mass is 248 g/mol. The zero-order valence-corrected chi connectivity index (χ0v) is 10.1. The number of nitrogens with zero attached hydrogens (tertiary/aromatic N) is 3. The van der Waals surface area contributed by atoms with Crippen LogP contribution in [-0.2, 0) is 6.54 Å². The minimum atomic E-state index is 0.888. The van der Waals surface area contributed by atoms with Gasteiger partial charge in [-0.25, -0.2) is 4.57 Å². The molecule has 4 aromatic rings. The van der Waals surface area contributed by atoms with E-state index in [0.29, 0.717) is 0 Å². The van der Waals surface area contributed by atoms with Crippen LogP contribution in [0.5, 0.6) is 0 Å². The number of hydrogen-bond acceptors (Lipinski definition) is 2. The second-order valence-electron chi connectivity index (χ2n) is 4.87. The summed E-state index contributed by atoms with van der Waals surface area (Å²) in [6, 6.07) is 10.2. The van der Waals surface area contributed by atoms with E-state index in [1.807, 2.05) is 30.6 Å². The molecule has 0 atom stereocenters. The van der Waals surface area contributed by atoms with Gasteiger partial charge in [0.15, 0.2) is 11.1 Å². The molecular weight excluding hydrogens is 238 g/mol. The molecule has 0 fully saturated rings. The summed E-state index contributed by atoms with van der Waals surface area (Å²) in [6.07, 6.45) is 5.87. The quantitative estimate of drug-likeness (QED) is 0.394. The van der Waals surface area contributed by atoms with Crippen LogP contribution in [0.25, 0.3) is 28.1 Å². The third-order valence-corrected chi connectivity index (χ3v) is 3.80. The molecule has 19 heavy (non-hydrogen) atoms. The highest BCUT2D eigenvalue weighted by Gasteiger charge is 2.32. The minimum Gasteiger partial charge on any atom is -0.415 e. The van der Waals surface area contributed by atoms with E-state index in [2.05, 4.69) is 32.4 Å². The van der Waals surface area contributed by atoms with E-state index in [-0.39, 0.29) is 0 Å². The number of fused-ring (bicyclic) bond motifs is 7. The van der Waals surface area contributed by atoms with Crippen LogP contribution in [0.2, 0.25) is 0 Å². The third kappa shape index (κ3) is 1.04. The summed E-state index contributed by atoms with van der Waals surface area (Å²) in [5, 5.41) is 0. The molecule has 0 spiro atoms. The van der Waals surface area contributed by atoms with Crippen LogP contribution < -0.4 is 4.57 Å². The molecule has 1 aliphatic rings.